The van der Waals surface area contributed by atoms with Gasteiger partial charge in [0.1, 0.15) is 0 Å². The second kappa shape index (κ2) is 5.01. The van der Waals surface area contributed by atoms with E-state index in [4.69, 9.17) is 4.74 Å². The number of ether oxygens (including phenoxy) is 1. The zero-order chi connectivity index (χ0) is 11.4. The van der Waals surface area contributed by atoms with Gasteiger partial charge in [0.2, 0.25) is 0 Å². The number of aliphatic hydroxyl groups is 1. The van der Waals surface area contributed by atoms with Crippen LogP contribution in [0.3, 0.4) is 0 Å². The molecule has 0 bridgehead atoms. The van der Waals surface area contributed by atoms with Gasteiger partial charge in [-0.15, -0.1) is 0 Å². The molecule has 92 valence electrons. The maximum Gasteiger partial charge on any atom is 0.317 e. The van der Waals surface area contributed by atoms with Gasteiger partial charge in [0, 0.05) is 19.6 Å². The fourth-order valence-corrected chi connectivity index (χ4v) is 2.33. The monoisotopic (exact) mass is 228 g/mol. The van der Waals surface area contributed by atoms with Crippen molar-refractivity contribution in [2.24, 2.45) is 0 Å². The SMILES string of the molecule is O=C(NCC1(O)CCCC1)N1CCOCC1. The number of nitrogens with zero attached hydrogens (tertiary/aromatic N) is 1. The summed E-state index contributed by atoms with van der Waals surface area (Å²) < 4.78 is 5.18. The van der Waals surface area contributed by atoms with Crippen LogP contribution in [-0.2, 0) is 4.74 Å². The smallest absolute Gasteiger partial charge is 0.317 e. The van der Waals surface area contributed by atoms with Crippen molar-refractivity contribution in [2.75, 3.05) is 32.8 Å². The van der Waals surface area contributed by atoms with Crippen LogP contribution in [-0.4, -0.2) is 54.5 Å². The molecule has 0 aromatic carbocycles. The van der Waals surface area contributed by atoms with Crippen molar-refractivity contribution in [1.82, 2.24) is 10.2 Å². The van der Waals surface area contributed by atoms with Crippen molar-refractivity contribution in [3.8, 4) is 0 Å². The molecule has 2 aliphatic rings. The molecule has 2 N–H and O–H groups in total. The molecule has 0 radical (unpaired) electrons. The van der Waals surface area contributed by atoms with E-state index >= 15 is 0 Å². The summed E-state index contributed by atoms with van der Waals surface area (Å²) in [6.07, 6.45) is 3.72. The summed E-state index contributed by atoms with van der Waals surface area (Å²) >= 11 is 0. The molecule has 1 aliphatic carbocycles. The number of amides is 2. The van der Waals surface area contributed by atoms with Crippen molar-refractivity contribution < 1.29 is 14.6 Å². The Bertz CT molecular complexity index is 246. The fourth-order valence-electron chi connectivity index (χ4n) is 2.33. The van der Waals surface area contributed by atoms with Crippen molar-refractivity contribution in [3.63, 3.8) is 0 Å². The zero-order valence-electron chi connectivity index (χ0n) is 9.57. The number of nitrogens with one attached hydrogen (secondary N) is 1. The summed E-state index contributed by atoms with van der Waals surface area (Å²) in [6, 6.07) is -0.0800. The molecule has 0 spiro atoms. The van der Waals surface area contributed by atoms with E-state index in [1.807, 2.05) is 0 Å². The van der Waals surface area contributed by atoms with E-state index in [0.717, 1.165) is 25.7 Å². The van der Waals surface area contributed by atoms with Gasteiger partial charge in [-0.25, -0.2) is 4.79 Å². The lowest BCUT2D eigenvalue weighted by molar-refractivity contribution is 0.0383. The number of carbonyl (C=O) groups excluding carboxylic acids is 1. The van der Waals surface area contributed by atoms with E-state index in [1.165, 1.54) is 0 Å². The van der Waals surface area contributed by atoms with Crippen LogP contribution in [0.15, 0.2) is 0 Å². The maximum absolute atomic E-state index is 11.7. The van der Waals surface area contributed by atoms with Gasteiger partial charge in [0.15, 0.2) is 0 Å². The Balaban J connectivity index is 1.74. The van der Waals surface area contributed by atoms with Crippen LogP contribution in [0.4, 0.5) is 4.79 Å². The topological polar surface area (TPSA) is 61.8 Å². The Hall–Kier alpha value is -0.810. The quantitative estimate of drug-likeness (QED) is 0.716. The number of hydrogen-bond acceptors (Lipinski definition) is 3. The summed E-state index contributed by atoms with van der Waals surface area (Å²) in [5.74, 6) is 0. The molecule has 0 atom stereocenters. The zero-order valence-corrected chi connectivity index (χ0v) is 9.57. The highest BCUT2D eigenvalue weighted by atomic mass is 16.5. The molecule has 1 saturated carbocycles. The molecule has 2 amide bonds. The largest absolute Gasteiger partial charge is 0.388 e. The number of carbonyl (C=O) groups is 1. The van der Waals surface area contributed by atoms with Crippen LogP contribution in [0.1, 0.15) is 25.7 Å². The van der Waals surface area contributed by atoms with Crippen molar-refractivity contribution in [1.29, 1.82) is 0 Å². The van der Waals surface area contributed by atoms with E-state index in [0.29, 0.717) is 32.8 Å². The molecule has 0 aromatic rings. The second-order valence-corrected chi connectivity index (χ2v) is 4.69. The molecule has 2 fully saturated rings. The van der Waals surface area contributed by atoms with Crippen LogP contribution in [0, 0.1) is 0 Å². The Morgan fingerprint density at radius 2 is 1.94 bits per heavy atom. The van der Waals surface area contributed by atoms with Gasteiger partial charge in [-0.3, -0.25) is 0 Å². The average Bonchev–Trinajstić information content (AvgIpc) is 2.75. The Morgan fingerprint density at radius 1 is 1.31 bits per heavy atom. The van der Waals surface area contributed by atoms with Crippen LogP contribution < -0.4 is 5.32 Å². The fraction of sp³-hybridized carbons (Fsp3) is 0.909. The lowest BCUT2D eigenvalue weighted by atomic mass is 10.0. The predicted molar refractivity (Wildman–Crippen MR) is 59.2 cm³/mol. The first-order valence-electron chi connectivity index (χ1n) is 6.03. The van der Waals surface area contributed by atoms with E-state index in [9.17, 15) is 9.90 Å². The van der Waals surface area contributed by atoms with Gasteiger partial charge in [-0.2, -0.15) is 0 Å². The van der Waals surface area contributed by atoms with Gasteiger partial charge >= 0.3 is 6.03 Å². The predicted octanol–water partition coefficient (Wildman–Crippen LogP) is 0.333. The van der Waals surface area contributed by atoms with Crippen LogP contribution in [0.2, 0.25) is 0 Å². The highest BCUT2D eigenvalue weighted by Crippen LogP contribution is 2.28. The Labute approximate surface area is 95.8 Å². The molecule has 1 saturated heterocycles. The minimum Gasteiger partial charge on any atom is -0.388 e. The van der Waals surface area contributed by atoms with Crippen molar-refractivity contribution >= 4 is 6.03 Å². The molecule has 1 heterocycles. The lowest BCUT2D eigenvalue weighted by Gasteiger charge is -2.29. The number of morpholine rings is 1. The molecular formula is C11H20N2O3. The summed E-state index contributed by atoms with van der Waals surface area (Å²) in [6.45, 7) is 2.88. The van der Waals surface area contributed by atoms with Gasteiger partial charge in [-0.05, 0) is 12.8 Å². The highest BCUT2D eigenvalue weighted by Gasteiger charge is 2.31. The Morgan fingerprint density at radius 3 is 2.56 bits per heavy atom. The van der Waals surface area contributed by atoms with Crippen LogP contribution in [0.5, 0.6) is 0 Å². The first-order valence-corrected chi connectivity index (χ1v) is 6.03. The van der Waals surface area contributed by atoms with Crippen LogP contribution in [0.25, 0.3) is 0 Å². The second-order valence-electron chi connectivity index (χ2n) is 4.69. The normalized spacial score (nSPS) is 24.4. The third kappa shape index (κ3) is 2.86. The molecule has 0 aromatic heterocycles. The summed E-state index contributed by atoms with van der Waals surface area (Å²) in [4.78, 5) is 13.5. The van der Waals surface area contributed by atoms with E-state index in [1.54, 1.807) is 4.90 Å². The van der Waals surface area contributed by atoms with E-state index in [-0.39, 0.29) is 6.03 Å². The van der Waals surface area contributed by atoms with Crippen molar-refractivity contribution in [3.05, 3.63) is 0 Å². The van der Waals surface area contributed by atoms with Gasteiger partial charge in [-0.1, -0.05) is 12.8 Å². The van der Waals surface area contributed by atoms with Crippen molar-refractivity contribution in [2.45, 2.75) is 31.3 Å². The minimum absolute atomic E-state index is 0.0800. The third-order valence-electron chi connectivity index (χ3n) is 3.40. The summed E-state index contributed by atoms with van der Waals surface area (Å²) in [5.41, 5.74) is -0.665. The molecule has 5 heteroatoms. The molecular weight excluding hydrogens is 208 g/mol. The Kier molecular flexibility index (Phi) is 3.66. The van der Waals surface area contributed by atoms with Crippen LogP contribution >= 0.6 is 0 Å². The molecule has 1 aliphatic heterocycles. The van der Waals surface area contributed by atoms with E-state index < -0.39 is 5.60 Å². The van der Waals surface area contributed by atoms with Gasteiger partial charge in [0.05, 0.1) is 18.8 Å². The molecule has 16 heavy (non-hydrogen) atoms. The highest BCUT2D eigenvalue weighted by molar-refractivity contribution is 5.74. The maximum atomic E-state index is 11.7. The first-order chi connectivity index (χ1) is 7.70. The molecule has 5 nitrogen and oxygen atoms in total. The standard InChI is InChI=1S/C11H20N2O3/c14-10(13-5-7-16-8-6-13)12-9-11(15)3-1-2-4-11/h15H,1-9H2,(H,12,14). The summed E-state index contributed by atoms with van der Waals surface area (Å²) in [7, 11) is 0. The van der Waals surface area contributed by atoms with Gasteiger partial charge in [0.25, 0.3) is 0 Å². The molecule has 2 rings (SSSR count). The third-order valence-corrected chi connectivity index (χ3v) is 3.40. The summed E-state index contributed by atoms with van der Waals surface area (Å²) in [5, 5.41) is 12.9. The lowest BCUT2D eigenvalue weighted by Crippen LogP contribution is -2.50. The van der Waals surface area contributed by atoms with Gasteiger partial charge < -0.3 is 20.1 Å². The first kappa shape index (κ1) is 11.7. The molecule has 0 unspecified atom stereocenters. The minimum atomic E-state index is -0.665. The number of hydrogen-bond donors (Lipinski definition) is 2. The van der Waals surface area contributed by atoms with E-state index in [2.05, 4.69) is 5.32 Å². The average molecular weight is 228 g/mol. The number of rotatable bonds is 2. The number of urea groups is 1.